The van der Waals surface area contributed by atoms with Gasteiger partial charge in [-0.15, -0.1) is 0 Å². The van der Waals surface area contributed by atoms with Crippen LogP contribution < -0.4 is 0 Å². The fourth-order valence-electron chi connectivity index (χ4n) is 3.77. The van der Waals surface area contributed by atoms with E-state index in [-0.39, 0.29) is 12.8 Å². The van der Waals surface area contributed by atoms with E-state index in [4.69, 9.17) is 5.11 Å². The molecule has 0 spiro atoms. The van der Waals surface area contributed by atoms with Crippen molar-refractivity contribution in [2.24, 2.45) is 0 Å². The first kappa shape index (κ1) is 21.8. The fraction of sp³-hybridized carbons (Fsp3) is 0.938. The van der Waals surface area contributed by atoms with Gasteiger partial charge in [-0.1, -0.05) is 0 Å². The molecule has 2 bridgehead atoms. The molecule has 10 heteroatoms. The van der Waals surface area contributed by atoms with Crippen molar-refractivity contribution in [3.05, 3.63) is 0 Å². The number of hydrogen-bond donors (Lipinski definition) is 3. The first-order valence-corrected chi connectivity index (χ1v) is 11.3. The van der Waals surface area contributed by atoms with Gasteiger partial charge in [0.2, 0.25) is 0 Å². The van der Waals surface area contributed by atoms with Gasteiger partial charge in [0.25, 0.3) is 0 Å². The Morgan fingerprint density at radius 1 is 0.731 bits per heavy atom. The molecule has 2 aliphatic rings. The van der Waals surface area contributed by atoms with E-state index < -0.39 is 13.6 Å². The maximum Gasteiger partial charge on any atom is 0.339 e. The van der Waals surface area contributed by atoms with Gasteiger partial charge in [0.05, 0.1) is 6.54 Å². The number of rotatable bonds is 4. The van der Waals surface area contributed by atoms with Crippen molar-refractivity contribution < 1.29 is 24.3 Å². The maximum atomic E-state index is 11.4. The van der Waals surface area contributed by atoms with Crippen LogP contribution in [-0.2, 0) is 9.36 Å². The van der Waals surface area contributed by atoms with E-state index in [0.29, 0.717) is 13.1 Å². The highest BCUT2D eigenvalue weighted by Gasteiger charge is 2.22. The van der Waals surface area contributed by atoms with Gasteiger partial charge >= 0.3 is 13.6 Å². The third-order valence-corrected chi connectivity index (χ3v) is 5.82. The first-order chi connectivity index (χ1) is 12.3. The number of aliphatic carboxylic acids is 1. The molecule has 0 aliphatic carbocycles. The zero-order valence-electron chi connectivity index (χ0n) is 15.5. The number of carbonyl (C=O) groups is 1. The maximum absolute atomic E-state index is 11.4. The summed E-state index contributed by atoms with van der Waals surface area (Å²) in [4.78, 5) is 38.3. The summed E-state index contributed by atoms with van der Waals surface area (Å²) in [5, 5.41) is 9.11. The lowest BCUT2D eigenvalue weighted by atomic mass is 10.3. The van der Waals surface area contributed by atoms with Gasteiger partial charge in [-0.25, -0.2) is 0 Å². The molecular formula is C16H33N4O5P. The van der Waals surface area contributed by atoms with Crippen molar-refractivity contribution in [3.8, 4) is 0 Å². The molecule has 2 rings (SSSR count). The van der Waals surface area contributed by atoms with E-state index in [0.717, 1.165) is 71.6 Å². The summed E-state index contributed by atoms with van der Waals surface area (Å²) in [6.45, 7) is 8.28. The van der Waals surface area contributed by atoms with Crippen LogP contribution in [0.5, 0.6) is 0 Å². The minimum Gasteiger partial charge on any atom is -0.480 e. The average Bonchev–Trinajstić information content (AvgIpc) is 2.59. The zero-order valence-corrected chi connectivity index (χ0v) is 16.4. The standard InChI is InChI=1S/C16H33N4O5P/c21-16(22)14-19-8-2-6-18-5-1-4-17(10-12-19)7-3-9-20(13-11-18)15-26(23,24)25/h1-15H2,(H,21,22)(H2,23,24,25). The summed E-state index contributed by atoms with van der Waals surface area (Å²) < 4.78 is 11.4. The third-order valence-electron chi connectivity index (χ3n) is 5.05. The summed E-state index contributed by atoms with van der Waals surface area (Å²) in [6.07, 6.45) is 2.66. The second-order valence-electron chi connectivity index (χ2n) is 7.34. The van der Waals surface area contributed by atoms with Crippen LogP contribution in [0, 0.1) is 0 Å². The number of hydrogen-bond acceptors (Lipinski definition) is 6. The predicted molar refractivity (Wildman–Crippen MR) is 99.3 cm³/mol. The Morgan fingerprint density at radius 2 is 1.19 bits per heavy atom. The van der Waals surface area contributed by atoms with Crippen molar-refractivity contribution in [1.29, 1.82) is 0 Å². The van der Waals surface area contributed by atoms with Crippen LogP contribution in [0.1, 0.15) is 19.3 Å². The minimum atomic E-state index is -4.05. The van der Waals surface area contributed by atoms with E-state index in [9.17, 15) is 19.1 Å². The summed E-state index contributed by atoms with van der Waals surface area (Å²) in [5.41, 5.74) is 0. The highest BCUT2D eigenvalue weighted by Crippen LogP contribution is 2.35. The number of carboxylic acid groups (broad SMARTS) is 1. The van der Waals surface area contributed by atoms with Crippen LogP contribution in [0.3, 0.4) is 0 Å². The Bertz CT molecular complexity index is 489. The molecule has 152 valence electrons. The minimum absolute atomic E-state index is 0.0872. The van der Waals surface area contributed by atoms with Crippen molar-refractivity contribution >= 4 is 13.6 Å². The van der Waals surface area contributed by atoms with Crippen LogP contribution in [0.15, 0.2) is 0 Å². The fourth-order valence-corrected chi connectivity index (χ4v) is 4.57. The van der Waals surface area contributed by atoms with E-state index in [2.05, 4.69) is 9.80 Å². The van der Waals surface area contributed by atoms with Gasteiger partial charge < -0.3 is 24.7 Å². The SMILES string of the molecule is O=C(O)CN1CCCN2CCCN(CCCN(CP(=O)(O)O)CC2)CC1. The average molecular weight is 392 g/mol. The van der Waals surface area contributed by atoms with Crippen molar-refractivity contribution in [1.82, 2.24) is 19.6 Å². The molecule has 0 amide bonds. The number of nitrogens with zero attached hydrogens (tertiary/aromatic N) is 4. The van der Waals surface area contributed by atoms with Crippen molar-refractivity contribution in [3.63, 3.8) is 0 Å². The molecule has 2 heterocycles. The Morgan fingerprint density at radius 3 is 1.69 bits per heavy atom. The van der Waals surface area contributed by atoms with Crippen LogP contribution >= 0.6 is 7.60 Å². The second-order valence-corrected chi connectivity index (χ2v) is 8.95. The summed E-state index contributed by atoms with van der Waals surface area (Å²) in [5.74, 6) is -0.780. The number of carboxylic acids is 1. The number of fused-ring (bicyclic) bond motifs is 4. The molecule has 2 fully saturated rings. The Balaban J connectivity index is 2.03. The molecule has 0 aromatic carbocycles. The molecule has 9 nitrogen and oxygen atoms in total. The van der Waals surface area contributed by atoms with Crippen molar-refractivity contribution in [2.45, 2.75) is 19.3 Å². The van der Waals surface area contributed by atoms with E-state index in [1.165, 1.54) is 0 Å². The molecule has 2 unspecified atom stereocenters. The smallest absolute Gasteiger partial charge is 0.339 e. The molecule has 0 aromatic rings. The Labute approximate surface area is 155 Å². The van der Waals surface area contributed by atoms with Gasteiger partial charge in [0, 0.05) is 39.3 Å². The molecule has 0 radical (unpaired) electrons. The topological polar surface area (TPSA) is 108 Å². The highest BCUT2D eigenvalue weighted by molar-refractivity contribution is 7.51. The molecule has 3 N–H and O–H groups in total. The summed E-state index contributed by atoms with van der Waals surface area (Å²) in [7, 11) is -4.05. The first-order valence-electron chi connectivity index (χ1n) is 9.47. The van der Waals surface area contributed by atoms with Gasteiger partial charge in [0.15, 0.2) is 0 Å². The molecule has 2 atom stereocenters. The second kappa shape index (κ2) is 10.7. The quantitative estimate of drug-likeness (QED) is 0.551. The molecule has 2 aliphatic heterocycles. The predicted octanol–water partition coefficient (Wildman–Crippen LogP) is -0.388. The van der Waals surface area contributed by atoms with Crippen LogP contribution in [0.4, 0.5) is 0 Å². The molecule has 0 aromatic heterocycles. The Kier molecular flexibility index (Phi) is 8.96. The Hall–Kier alpha value is -0.540. The van der Waals surface area contributed by atoms with Crippen LogP contribution in [0.2, 0.25) is 0 Å². The van der Waals surface area contributed by atoms with Crippen LogP contribution in [-0.4, -0.2) is 119 Å². The molecule has 2 saturated heterocycles. The van der Waals surface area contributed by atoms with Gasteiger partial charge in [-0.05, 0) is 45.4 Å². The van der Waals surface area contributed by atoms with Gasteiger partial charge in [-0.2, -0.15) is 0 Å². The highest BCUT2D eigenvalue weighted by atomic mass is 31.2. The molecule has 0 saturated carbocycles. The van der Waals surface area contributed by atoms with Crippen LogP contribution in [0.25, 0.3) is 0 Å². The lowest BCUT2D eigenvalue weighted by molar-refractivity contribution is -0.138. The van der Waals surface area contributed by atoms with Crippen molar-refractivity contribution in [2.75, 3.05) is 78.3 Å². The largest absolute Gasteiger partial charge is 0.480 e. The molecular weight excluding hydrogens is 359 g/mol. The lowest BCUT2D eigenvalue weighted by Crippen LogP contribution is -2.41. The van der Waals surface area contributed by atoms with E-state index in [1.54, 1.807) is 0 Å². The zero-order chi connectivity index (χ0) is 19.0. The summed E-state index contributed by atoms with van der Waals surface area (Å²) >= 11 is 0. The monoisotopic (exact) mass is 392 g/mol. The van der Waals surface area contributed by atoms with Gasteiger partial charge in [0.1, 0.15) is 6.29 Å². The normalized spacial score (nSPS) is 28.4. The molecule has 26 heavy (non-hydrogen) atoms. The van der Waals surface area contributed by atoms with E-state index in [1.807, 2.05) is 9.80 Å². The summed E-state index contributed by atoms with van der Waals surface area (Å²) in [6, 6.07) is 0. The third kappa shape index (κ3) is 8.90. The lowest BCUT2D eigenvalue weighted by Gasteiger charge is -2.29. The van der Waals surface area contributed by atoms with Gasteiger partial charge in [-0.3, -0.25) is 19.2 Å². The van der Waals surface area contributed by atoms with E-state index >= 15 is 0 Å².